The maximum atomic E-state index is 2.38. The maximum Gasteiger partial charge on any atom is 0.0468 e. The summed E-state index contributed by atoms with van der Waals surface area (Å²) in [4.78, 5) is 2.38. The second kappa shape index (κ2) is 13.0. The van der Waals surface area contributed by atoms with E-state index in [2.05, 4.69) is 217 Å². The first-order valence-electron chi connectivity index (χ1n) is 18.3. The van der Waals surface area contributed by atoms with Crippen LogP contribution in [0.4, 0.5) is 17.1 Å². The average molecular weight is 674 g/mol. The van der Waals surface area contributed by atoms with Gasteiger partial charge in [-0.2, -0.15) is 0 Å². The Morgan fingerprint density at radius 1 is 0.226 bits per heavy atom. The summed E-state index contributed by atoms with van der Waals surface area (Å²) >= 11 is 0. The Kier molecular flexibility index (Phi) is 7.55. The van der Waals surface area contributed by atoms with E-state index in [9.17, 15) is 0 Å². The number of anilines is 3. The molecule has 0 amide bonds. The zero-order valence-electron chi connectivity index (χ0n) is 29.2. The van der Waals surface area contributed by atoms with Crippen molar-refractivity contribution in [2.24, 2.45) is 0 Å². The van der Waals surface area contributed by atoms with Crippen molar-refractivity contribution in [1.82, 2.24) is 0 Å². The summed E-state index contributed by atoms with van der Waals surface area (Å²) in [7, 11) is 0. The standard InChI is InChI=1S/C52H35N/c1-2-11-36(12-3-1)48-33-34-49(51-19-9-8-18-50(48)51)40-25-30-43(31-26-40)53(44-32-27-41-22-21-38-14-5-7-17-47(38)52(41)35-44)42-28-23-39(24-29-42)46-20-10-15-37-13-4-6-16-45(37)46/h1-35H. The van der Waals surface area contributed by atoms with Crippen LogP contribution in [0.25, 0.3) is 76.5 Å². The highest BCUT2D eigenvalue weighted by Gasteiger charge is 2.16. The number of benzene rings is 10. The van der Waals surface area contributed by atoms with Gasteiger partial charge in [-0.15, -0.1) is 0 Å². The van der Waals surface area contributed by atoms with Crippen molar-refractivity contribution in [3.8, 4) is 33.4 Å². The molecular weight excluding hydrogens is 639 g/mol. The van der Waals surface area contributed by atoms with E-state index in [0.29, 0.717) is 0 Å². The molecule has 0 spiro atoms. The summed E-state index contributed by atoms with van der Waals surface area (Å²) in [5, 5.41) is 10.0. The maximum absolute atomic E-state index is 2.38. The number of fused-ring (bicyclic) bond motifs is 5. The third-order valence-corrected chi connectivity index (χ3v) is 10.7. The molecule has 0 aliphatic heterocycles. The number of hydrogen-bond donors (Lipinski definition) is 0. The molecule has 1 heteroatoms. The van der Waals surface area contributed by atoms with E-state index in [1.807, 2.05) is 0 Å². The van der Waals surface area contributed by atoms with Gasteiger partial charge in [0.05, 0.1) is 0 Å². The lowest BCUT2D eigenvalue weighted by molar-refractivity contribution is 1.29. The smallest absolute Gasteiger partial charge is 0.0468 e. The SMILES string of the molecule is c1ccc(-c2ccc(-c3ccc(N(c4ccc(-c5cccc6ccccc56)cc4)c4ccc5ccc6ccccc6c5c4)cc3)c3ccccc23)cc1. The van der Waals surface area contributed by atoms with Gasteiger partial charge in [-0.25, -0.2) is 0 Å². The van der Waals surface area contributed by atoms with Crippen LogP contribution in [0.5, 0.6) is 0 Å². The molecule has 248 valence electrons. The van der Waals surface area contributed by atoms with Crippen LogP contribution in [-0.4, -0.2) is 0 Å². The van der Waals surface area contributed by atoms with Crippen LogP contribution in [0.2, 0.25) is 0 Å². The minimum Gasteiger partial charge on any atom is -0.310 e. The molecular formula is C52H35N. The lowest BCUT2D eigenvalue weighted by atomic mass is 9.92. The van der Waals surface area contributed by atoms with Gasteiger partial charge in [-0.05, 0) is 113 Å². The van der Waals surface area contributed by atoms with Crippen molar-refractivity contribution in [3.63, 3.8) is 0 Å². The summed E-state index contributed by atoms with van der Waals surface area (Å²) in [6.07, 6.45) is 0. The van der Waals surface area contributed by atoms with Crippen LogP contribution >= 0.6 is 0 Å². The highest BCUT2D eigenvalue weighted by atomic mass is 15.1. The number of hydrogen-bond acceptors (Lipinski definition) is 1. The largest absolute Gasteiger partial charge is 0.310 e. The fraction of sp³-hybridized carbons (Fsp3) is 0. The molecule has 0 saturated heterocycles. The van der Waals surface area contributed by atoms with Gasteiger partial charge in [0.2, 0.25) is 0 Å². The third-order valence-electron chi connectivity index (χ3n) is 10.7. The summed E-state index contributed by atoms with van der Waals surface area (Å²) in [6.45, 7) is 0. The van der Waals surface area contributed by atoms with Gasteiger partial charge in [0.15, 0.2) is 0 Å². The molecule has 0 aliphatic carbocycles. The molecule has 0 saturated carbocycles. The van der Waals surface area contributed by atoms with Gasteiger partial charge >= 0.3 is 0 Å². The number of rotatable bonds is 6. The van der Waals surface area contributed by atoms with Crippen LogP contribution in [0.15, 0.2) is 212 Å². The van der Waals surface area contributed by atoms with Crippen molar-refractivity contribution in [3.05, 3.63) is 212 Å². The predicted octanol–water partition coefficient (Wildman–Crippen LogP) is 14.8. The third kappa shape index (κ3) is 5.51. The van der Waals surface area contributed by atoms with E-state index in [1.165, 1.54) is 76.5 Å². The Bertz CT molecular complexity index is 2920. The van der Waals surface area contributed by atoms with Crippen LogP contribution in [0.1, 0.15) is 0 Å². The van der Waals surface area contributed by atoms with Crippen LogP contribution in [0, 0.1) is 0 Å². The Morgan fingerprint density at radius 3 is 1.26 bits per heavy atom. The monoisotopic (exact) mass is 673 g/mol. The molecule has 53 heavy (non-hydrogen) atoms. The molecule has 0 unspecified atom stereocenters. The molecule has 0 radical (unpaired) electrons. The van der Waals surface area contributed by atoms with Crippen molar-refractivity contribution >= 4 is 60.2 Å². The van der Waals surface area contributed by atoms with Crippen LogP contribution in [-0.2, 0) is 0 Å². The molecule has 0 bridgehead atoms. The van der Waals surface area contributed by atoms with E-state index in [-0.39, 0.29) is 0 Å². The molecule has 0 heterocycles. The predicted molar refractivity (Wildman–Crippen MR) is 227 cm³/mol. The minimum atomic E-state index is 1.11. The first kappa shape index (κ1) is 30.8. The van der Waals surface area contributed by atoms with Gasteiger partial charge in [0, 0.05) is 17.1 Å². The first-order valence-corrected chi connectivity index (χ1v) is 18.3. The fourth-order valence-electron chi connectivity index (χ4n) is 8.05. The van der Waals surface area contributed by atoms with Crippen molar-refractivity contribution < 1.29 is 0 Å². The Balaban J connectivity index is 1.09. The average Bonchev–Trinajstić information content (AvgIpc) is 3.24. The topological polar surface area (TPSA) is 3.24 Å². The minimum absolute atomic E-state index is 1.11. The van der Waals surface area contributed by atoms with Crippen molar-refractivity contribution in [2.75, 3.05) is 4.90 Å². The molecule has 10 aromatic carbocycles. The zero-order valence-corrected chi connectivity index (χ0v) is 29.2. The van der Waals surface area contributed by atoms with Gasteiger partial charge < -0.3 is 4.90 Å². The molecule has 0 fully saturated rings. The molecule has 0 aliphatic rings. The summed E-state index contributed by atoms with van der Waals surface area (Å²) in [5.74, 6) is 0. The second-order valence-electron chi connectivity index (χ2n) is 13.7. The highest BCUT2D eigenvalue weighted by Crippen LogP contribution is 2.41. The lowest BCUT2D eigenvalue weighted by Crippen LogP contribution is -2.10. The van der Waals surface area contributed by atoms with Crippen LogP contribution in [0.3, 0.4) is 0 Å². The Hall–Kier alpha value is -6.96. The summed E-state index contributed by atoms with van der Waals surface area (Å²) in [6, 6.07) is 77.2. The first-order chi connectivity index (χ1) is 26.3. The normalized spacial score (nSPS) is 11.4. The Labute approximate surface area is 309 Å². The van der Waals surface area contributed by atoms with Crippen LogP contribution < -0.4 is 4.90 Å². The fourth-order valence-corrected chi connectivity index (χ4v) is 8.05. The lowest BCUT2D eigenvalue weighted by Gasteiger charge is -2.26. The van der Waals surface area contributed by atoms with Gasteiger partial charge in [-0.1, -0.05) is 176 Å². The van der Waals surface area contributed by atoms with E-state index < -0.39 is 0 Å². The molecule has 10 aromatic rings. The molecule has 0 aromatic heterocycles. The summed E-state index contributed by atoms with van der Waals surface area (Å²) < 4.78 is 0. The molecule has 0 atom stereocenters. The van der Waals surface area contributed by atoms with E-state index in [0.717, 1.165) is 17.1 Å². The van der Waals surface area contributed by atoms with Gasteiger partial charge in [0.1, 0.15) is 0 Å². The van der Waals surface area contributed by atoms with Gasteiger partial charge in [0.25, 0.3) is 0 Å². The van der Waals surface area contributed by atoms with Gasteiger partial charge in [-0.3, -0.25) is 0 Å². The Morgan fingerprint density at radius 2 is 0.642 bits per heavy atom. The number of nitrogens with zero attached hydrogens (tertiary/aromatic N) is 1. The summed E-state index contributed by atoms with van der Waals surface area (Å²) in [5.41, 5.74) is 10.7. The second-order valence-corrected chi connectivity index (χ2v) is 13.7. The van der Waals surface area contributed by atoms with E-state index in [4.69, 9.17) is 0 Å². The van der Waals surface area contributed by atoms with E-state index >= 15 is 0 Å². The van der Waals surface area contributed by atoms with Crippen molar-refractivity contribution in [1.29, 1.82) is 0 Å². The van der Waals surface area contributed by atoms with E-state index in [1.54, 1.807) is 0 Å². The molecule has 10 rings (SSSR count). The van der Waals surface area contributed by atoms with Crippen molar-refractivity contribution in [2.45, 2.75) is 0 Å². The molecule has 0 N–H and O–H groups in total. The zero-order chi connectivity index (χ0) is 35.1. The highest BCUT2D eigenvalue weighted by molar-refractivity contribution is 6.09. The quantitative estimate of drug-likeness (QED) is 0.159. The molecule has 1 nitrogen and oxygen atoms in total.